The number of benzene rings is 1. The number of aromatic carboxylic acids is 1. The van der Waals surface area contributed by atoms with Gasteiger partial charge in [-0.15, -0.1) is 0 Å². The van der Waals surface area contributed by atoms with Gasteiger partial charge in [-0.05, 0) is 52.3 Å². The predicted octanol–water partition coefficient (Wildman–Crippen LogP) is 3.05. The lowest BCUT2D eigenvalue weighted by Gasteiger charge is -2.32. The molecule has 1 heterocycles. The van der Waals surface area contributed by atoms with Crippen molar-refractivity contribution in [2.24, 2.45) is 0 Å². The van der Waals surface area contributed by atoms with Crippen molar-refractivity contribution < 1.29 is 28.7 Å². The maximum atomic E-state index is 12.1. The zero-order valence-electron chi connectivity index (χ0n) is 15.4. The molecule has 7 heteroatoms. The Balaban J connectivity index is 2.36. The fraction of sp³-hybridized carbons (Fsp3) is 0.556. The van der Waals surface area contributed by atoms with Crippen LogP contribution in [0.25, 0.3) is 0 Å². The maximum Gasteiger partial charge on any atom is 0.466 e. The largest absolute Gasteiger partial charge is 0.478 e. The molecule has 1 aromatic rings. The van der Waals surface area contributed by atoms with Gasteiger partial charge in [0, 0.05) is 5.82 Å². The summed E-state index contributed by atoms with van der Waals surface area (Å²) in [6.45, 7) is 9.76. The van der Waals surface area contributed by atoms with Crippen LogP contribution in [-0.4, -0.2) is 42.0 Å². The molecule has 1 unspecified atom stereocenters. The van der Waals surface area contributed by atoms with Crippen molar-refractivity contribution in [3.8, 4) is 0 Å². The average molecular weight is 348 g/mol. The summed E-state index contributed by atoms with van der Waals surface area (Å²) in [5.41, 5.74) is -0.265. The molecule has 1 saturated heterocycles. The molecule has 0 bridgehead atoms. The quantitative estimate of drug-likeness (QED) is 0.629. The van der Waals surface area contributed by atoms with E-state index >= 15 is 0 Å². The van der Waals surface area contributed by atoms with E-state index in [1.807, 2.05) is 27.7 Å². The van der Waals surface area contributed by atoms with Crippen molar-refractivity contribution >= 4 is 19.1 Å². The first-order chi connectivity index (χ1) is 11.6. The van der Waals surface area contributed by atoms with Gasteiger partial charge in [-0.25, -0.2) is 4.79 Å². The van der Waals surface area contributed by atoms with Gasteiger partial charge in [-0.2, -0.15) is 0 Å². The second kappa shape index (κ2) is 7.18. The summed E-state index contributed by atoms with van der Waals surface area (Å²) >= 11 is 0. The van der Waals surface area contributed by atoms with Gasteiger partial charge in [-0.1, -0.05) is 12.1 Å². The van der Waals surface area contributed by atoms with Crippen LogP contribution in [0.5, 0.6) is 0 Å². The summed E-state index contributed by atoms with van der Waals surface area (Å²) < 4.78 is 17.2. The van der Waals surface area contributed by atoms with Gasteiger partial charge < -0.3 is 19.2 Å². The standard InChI is InChI=1S/C18H25BO6/c1-6-23-15(20)11-14(12-8-7-9-13(10-12)16(21)22)19-24-17(2,3)18(4,5)25-19/h7-10,14H,6,11H2,1-5H3,(H,21,22). The first-order valence-electron chi connectivity index (χ1n) is 8.42. The van der Waals surface area contributed by atoms with Crippen LogP contribution in [0.2, 0.25) is 0 Å². The molecule has 0 aliphatic carbocycles. The Morgan fingerprint density at radius 2 is 1.80 bits per heavy atom. The Hall–Kier alpha value is -1.86. The highest BCUT2D eigenvalue weighted by Crippen LogP contribution is 2.41. The summed E-state index contributed by atoms with van der Waals surface area (Å²) in [5, 5.41) is 9.23. The number of carbonyl (C=O) groups is 2. The van der Waals surface area contributed by atoms with E-state index in [0.717, 1.165) is 0 Å². The Morgan fingerprint density at radius 1 is 1.20 bits per heavy atom. The summed E-state index contributed by atoms with van der Waals surface area (Å²) in [4.78, 5) is 23.3. The Labute approximate surface area is 148 Å². The molecule has 6 nitrogen and oxygen atoms in total. The molecule has 1 fully saturated rings. The second-order valence-electron chi connectivity index (χ2n) is 7.17. The van der Waals surface area contributed by atoms with E-state index in [1.54, 1.807) is 25.1 Å². The molecule has 25 heavy (non-hydrogen) atoms. The number of carbonyl (C=O) groups excluding carboxylic acids is 1. The lowest BCUT2D eigenvalue weighted by atomic mass is 9.66. The molecule has 1 aliphatic rings. The van der Waals surface area contributed by atoms with Crippen LogP contribution in [-0.2, 0) is 18.8 Å². The third-order valence-electron chi connectivity index (χ3n) is 4.85. The van der Waals surface area contributed by atoms with Gasteiger partial charge in [0.25, 0.3) is 0 Å². The van der Waals surface area contributed by atoms with E-state index in [-0.39, 0.29) is 24.6 Å². The van der Waals surface area contributed by atoms with Crippen molar-refractivity contribution in [3.63, 3.8) is 0 Å². The first-order valence-corrected chi connectivity index (χ1v) is 8.42. The van der Waals surface area contributed by atoms with Gasteiger partial charge in [0.05, 0.1) is 29.8 Å². The van der Waals surface area contributed by atoms with Gasteiger partial charge >= 0.3 is 19.1 Å². The van der Waals surface area contributed by atoms with E-state index in [1.165, 1.54) is 6.07 Å². The highest BCUT2D eigenvalue weighted by molar-refractivity contribution is 6.48. The Bertz CT molecular complexity index is 639. The smallest absolute Gasteiger partial charge is 0.466 e. The van der Waals surface area contributed by atoms with E-state index < -0.39 is 30.1 Å². The number of hydrogen-bond acceptors (Lipinski definition) is 5. The zero-order chi connectivity index (χ0) is 18.8. The number of hydrogen-bond donors (Lipinski definition) is 1. The molecule has 0 saturated carbocycles. The molecule has 0 aromatic heterocycles. The molecule has 1 N–H and O–H groups in total. The highest BCUT2D eigenvalue weighted by atomic mass is 16.7. The predicted molar refractivity (Wildman–Crippen MR) is 93.5 cm³/mol. The SMILES string of the molecule is CCOC(=O)CC(B1OC(C)(C)C(C)(C)O1)c1cccc(C(=O)O)c1. The summed E-state index contributed by atoms with van der Waals surface area (Å²) in [6, 6.07) is 6.50. The fourth-order valence-corrected chi connectivity index (χ4v) is 2.73. The molecular weight excluding hydrogens is 323 g/mol. The van der Waals surface area contributed by atoms with E-state index in [9.17, 15) is 14.7 Å². The second-order valence-corrected chi connectivity index (χ2v) is 7.17. The van der Waals surface area contributed by atoms with Gasteiger partial charge in [-0.3, -0.25) is 4.79 Å². The topological polar surface area (TPSA) is 82.1 Å². The normalized spacial score (nSPS) is 19.5. The minimum absolute atomic E-state index is 0.0493. The maximum absolute atomic E-state index is 12.1. The van der Waals surface area contributed by atoms with Crippen molar-refractivity contribution in [2.75, 3.05) is 6.61 Å². The third-order valence-corrected chi connectivity index (χ3v) is 4.85. The summed E-state index contributed by atoms with van der Waals surface area (Å²) in [7, 11) is -0.668. The average Bonchev–Trinajstić information content (AvgIpc) is 2.73. The molecule has 0 spiro atoms. The van der Waals surface area contributed by atoms with Crippen LogP contribution >= 0.6 is 0 Å². The summed E-state index contributed by atoms with van der Waals surface area (Å²) in [5.74, 6) is -1.85. The third kappa shape index (κ3) is 4.22. The molecule has 0 radical (unpaired) electrons. The molecule has 0 amide bonds. The monoisotopic (exact) mass is 348 g/mol. The van der Waals surface area contributed by atoms with Gasteiger partial charge in [0.15, 0.2) is 0 Å². The summed E-state index contributed by atoms with van der Waals surface area (Å²) in [6.07, 6.45) is 0.0493. The zero-order valence-corrected chi connectivity index (χ0v) is 15.4. The Morgan fingerprint density at radius 3 is 2.32 bits per heavy atom. The van der Waals surface area contributed by atoms with Crippen molar-refractivity contribution in [2.45, 2.75) is 58.1 Å². The molecule has 2 rings (SSSR count). The van der Waals surface area contributed by atoms with Crippen LogP contribution in [0, 0.1) is 0 Å². The van der Waals surface area contributed by atoms with E-state index in [0.29, 0.717) is 5.56 Å². The van der Waals surface area contributed by atoms with Gasteiger partial charge in [0.2, 0.25) is 0 Å². The number of rotatable bonds is 6. The van der Waals surface area contributed by atoms with Crippen LogP contribution in [0.15, 0.2) is 24.3 Å². The van der Waals surface area contributed by atoms with E-state index in [4.69, 9.17) is 14.0 Å². The minimum Gasteiger partial charge on any atom is -0.478 e. The molecule has 136 valence electrons. The number of ether oxygens (including phenoxy) is 1. The minimum atomic E-state index is -1.02. The van der Waals surface area contributed by atoms with E-state index in [2.05, 4.69) is 0 Å². The van der Waals surface area contributed by atoms with Crippen molar-refractivity contribution in [1.82, 2.24) is 0 Å². The molecular formula is C18H25BO6. The van der Waals surface area contributed by atoms with Crippen LogP contribution in [0.4, 0.5) is 0 Å². The number of esters is 1. The van der Waals surface area contributed by atoms with Gasteiger partial charge in [0.1, 0.15) is 0 Å². The lowest BCUT2D eigenvalue weighted by molar-refractivity contribution is -0.143. The fourth-order valence-electron chi connectivity index (χ4n) is 2.73. The Kier molecular flexibility index (Phi) is 5.59. The highest BCUT2D eigenvalue weighted by Gasteiger charge is 2.54. The van der Waals surface area contributed by atoms with Crippen LogP contribution in [0.1, 0.15) is 62.8 Å². The first kappa shape index (κ1) is 19.5. The molecule has 1 aliphatic heterocycles. The van der Waals surface area contributed by atoms with Crippen molar-refractivity contribution in [1.29, 1.82) is 0 Å². The van der Waals surface area contributed by atoms with Crippen molar-refractivity contribution in [3.05, 3.63) is 35.4 Å². The lowest BCUT2D eigenvalue weighted by Crippen LogP contribution is -2.41. The molecule has 1 atom stereocenters. The number of carboxylic acid groups (broad SMARTS) is 1. The van der Waals surface area contributed by atoms with Crippen LogP contribution in [0.3, 0.4) is 0 Å². The number of carboxylic acids is 1. The van der Waals surface area contributed by atoms with Crippen LogP contribution < -0.4 is 0 Å². The molecule has 1 aromatic carbocycles.